The number of nitrogens with zero attached hydrogens (tertiary/aromatic N) is 1. The largest absolute Gasteiger partial charge is 0.454 e. The van der Waals surface area contributed by atoms with Gasteiger partial charge in [-0.05, 0) is 50.1 Å². The maximum Gasteiger partial charge on any atom is 0.243 e. The zero-order valence-corrected chi connectivity index (χ0v) is 16.9. The highest BCUT2D eigenvalue weighted by molar-refractivity contribution is 7.89. The van der Waals surface area contributed by atoms with Crippen molar-refractivity contribution in [1.82, 2.24) is 4.31 Å². The van der Waals surface area contributed by atoms with Crippen LogP contribution in [0.15, 0.2) is 41.3 Å². The molecular weight excluding hydrogens is 415 g/mol. The van der Waals surface area contributed by atoms with Crippen molar-refractivity contribution >= 4 is 27.4 Å². The summed E-state index contributed by atoms with van der Waals surface area (Å²) in [7, 11) is -3.98. The molecule has 4 rings (SSSR count). The minimum absolute atomic E-state index is 0.0103. The maximum atomic E-state index is 13.2. The number of fused-ring (bicyclic) bond motifs is 1. The van der Waals surface area contributed by atoms with Crippen molar-refractivity contribution in [2.75, 3.05) is 18.7 Å². The van der Waals surface area contributed by atoms with E-state index in [2.05, 4.69) is 5.32 Å². The van der Waals surface area contributed by atoms with Crippen molar-refractivity contribution in [3.05, 3.63) is 47.8 Å². The van der Waals surface area contributed by atoms with Gasteiger partial charge in [0, 0.05) is 18.2 Å². The fourth-order valence-electron chi connectivity index (χ4n) is 3.58. The summed E-state index contributed by atoms with van der Waals surface area (Å²) in [6, 6.07) is 6.48. The van der Waals surface area contributed by atoms with E-state index in [0.717, 1.165) is 16.4 Å². The summed E-state index contributed by atoms with van der Waals surface area (Å²) in [6.45, 7) is 1.53. The lowest BCUT2D eigenvalue weighted by atomic mass is 10.1. The van der Waals surface area contributed by atoms with Crippen molar-refractivity contribution < 1.29 is 31.9 Å². The lowest BCUT2D eigenvalue weighted by Gasteiger charge is -2.24. The Bertz CT molecular complexity index is 1120. The average molecular weight is 434 g/mol. The van der Waals surface area contributed by atoms with Crippen LogP contribution in [0.25, 0.3) is 0 Å². The van der Waals surface area contributed by atoms with Gasteiger partial charge >= 0.3 is 0 Å². The van der Waals surface area contributed by atoms with E-state index in [0.29, 0.717) is 24.3 Å². The van der Waals surface area contributed by atoms with Crippen molar-refractivity contribution in [2.45, 2.75) is 30.7 Å². The molecule has 1 fully saturated rings. The van der Waals surface area contributed by atoms with Crippen molar-refractivity contribution in [3.8, 4) is 11.5 Å². The lowest BCUT2D eigenvalue weighted by Crippen LogP contribution is -2.43. The van der Waals surface area contributed by atoms with E-state index in [9.17, 15) is 22.4 Å². The molecule has 1 saturated heterocycles. The molecule has 0 saturated carbocycles. The Morgan fingerprint density at radius 3 is 2.47 bits per heavy atom. The molecule has 1 N–H and O–H groups in total. The van der Waals surface area contributed by atoms with Gasteiger partial charge in [-0.25, -0.2) is 12.8 Å². The number of sulfonamides is 1. The van der Waals surface area contributed by atoms with Crippen LogP contribution in [0.4, 0.5) is 10.1 Å². The highest BCUT2D eigenvalue weighted by atomic mass is 32.2. The van der Waals surface area contributed by atoms with E-state index < -0.39 is 27.8 Å². The summed E-state index contributed by atoms with van der Waals surface area (Å²) in [5.74, 6) is -0.605. The number of anilines is 1. The number of carbonyl (C=O) groups is 2. The molecule has 1 amide bonds. The Morgan fingerprint density at radius 1 is 1.13 bits per heavy atom. The maximum absolute atomic E-state index is 13.2. The summed E-state index contributed by atoms with van der Waals surface area (Å²) < 4.78 is 50.8. The van der Waals surface area contributed by atoms with Gasteiger partial charge in [-0.15, -0.1) is 0 Å². The molecule has 2 aliphatic rings. The highest BCUT2D eigenvalue weighted by Gasteiger charge is 2.39. The number of hydrogen-bond donors (Lipinski definition) is 1. The Labute approximate surface area is 172 Å². The predicted molar refractivity (Wildman–Crippen MR) is 105 cm³/mol. The molecular formula is C20H19FN2O6S. The van der Waals surface area contributed by atoms with E-state index in [1.54, 1.807) is 0 Å². The number of amides is 1. The number of ether oxygens (including phenoxy) is 2. The molecule has 1 unspecified atom stereocenters. The first-order valence-corrected chi connectivity index (χ1v) is 10.7. The summed E-state index contributed by atoms with van der Waals surface area (Å²) in [4.78, 5) is 24.9. The van der Waals surface area contributed by atoms with Crippen LogP contribution in [-0.2, 0) is 14.8 Å². The van der Waals surface area contributed by atoms with Gasteiger partial charge in [0.05, 0.1) is 10.6 Å². The van der Waals surface area contributed by atoms with E-state index in [-0.39, 0.29) is 35.3 Å². The molecule has 2 heterocycles. The first kappa shape index (κ1) is 20.3. The van der Waals surface area contributed by atoms with Crippen LogP contribution in [0.5, 0.6) is 11.5 Å². The average Bonchev–Trinajstić information content (AvgIpc) is 3.37. The number of nitrogens with one attached hydrogen (secondary N) is 1. The second-order valence-electron chi connectivity index (χ2n) is 7.02. The fraction of sp³-hybridized carbons (Fsp3) is 0.300. The van der Waals surface area contributed by atoms with E-state index >= 15 is 0 Å². The number of halogens is 1. The topological polar surface area (TPSA) is 102 Å². The fourth-order valence-corrected chi connectivity index (χ4v) is 5.24. The normalized spacial score (nSPS) is 18.4. The standard InChI is InChI=1S/C20H19FN2O6S/c1-12(24)15-9-18-19(29-11-28-18)10-16(15)22-20(25)17-3-2-8-23(17)30(26,27)14-6-4-13(21)5-7-14/h4-7,9-10,17H,2-3,8,11H2,1H3,(H,22,25). The van der Waals surface area contributed by atoms with E-state index in [1.807, 2.05) is 0 Å². The van der Waals surface area contributed by atoms with Gasteiger partial charge in [0.1, 0.15) is 11.9 Å². The lowest BCUT2D eigenvalue weighted by molar-refractivity contribution is -0.119. The summed E-state index contributed by atoms with van der Waals surface area (Å²) in [5, 5.41) is 2.66. The van der Waals surface area contributed by atoms with Gasteiger partial charge in [0.2, 0.25) is 22.7 Å². The number of ketones is 1. The van der Waals surface area contributed by atoms with Crippen LogP contribution in [-0.4, -0.2) is 43.8 Å². The van der Waals surface area contributed by atoms with Gasteiger partial charge < -0.3 is 14.8 Å². The van der Waals surface area contributed by atoms with Crippen LogP contribution < -0.4 is 14.8 Å². The highest BCUT2D eigenvalue weighted by Crippen LogP contribution is 2.37. The van der Waals surface area contributed by atoms with Gasteiger partial charge in [-0.2, -0.15) is 4.31 Å². The minimum Gasteiger partial charge on any atom is -0.454 e. The molecule has 8 nitrogen and oxygen atoms in total. The van der Waals surface area contributed by atoms with E-state index in [4.69, 9.17) is 9.47 Å². The van der Waals surface area contributed by atoms with Crippen LogP contribution in [0.3, 0.4) is 0 Å². The molecule has 0 spiro atoms. The number of Topliss-reactive ketones (excluding diaryl/α,β-unsaturated/α-hetero) is 1. The third kappa shape index (κ3) is 3.63. The molecule has 2 aromatic carbocycles. The molecule has 10 heteroatoms. The van der Waals surface area contributed by atoms with Gasteiger partial charge in [0.15, 0.2) is 17.3 Å². The molecule has 0 bridgehead atoms. The predicted octanol–water partition coefficient (Wildman–Crippen LogP) is 2.55. The van der Waals surface area contributed by atoms with Gasteiger partial charge in [0.25, 0.3) is 0 Å². The number of carbonyl (C=O) groups excluding carboxylic acids is 2. The monoisotopic (exact) mass is 434 g/mol. The van der Waals surface area contributed by atoms with Crippen LogP contribution in [0.1, 0.15) is 30.1 Å². The molecule has 0 aliphatic carbocycles. The molecule has 0 aromatic heterocycles. The Morgan fingerprint density at radius 2 is 1.80 bits per heavy atom. The number of rotatable bonds is 5. The molecule has 2 aromatic rings. The third-order valence-electron chi connectivity index (χ3n) is 5.08. The van der Waals surface area contributed by atoms with Gasteiger partial charge in [-0.1, -0.05) is 0 Å². The summed E-state index contributed by atoms with van der Waals surface area (Å²) in [6.07, 6.45) is 0.825. The Hall–Kier alpha value is -2.98. The SMILES string of the molecule is CC(=O)c1cc2c(cc1NC(=O)C1CCCN1S(=O)(=O)c1ccc(F)cc1)OCO2. The second kappa shape index (κ2) is 7.69. The zero-order chi connectivity index (χ0) is 21.5. The number of benzene rings is 2. The van der Waals surface area contributed by atoms with Crippen LogP contribution in [0, 0.1) is 5.82 Å². The van der Waals surface area contributed by atoms with Crippen LogP contribution in [0.2, 0.25) is 0 Å². The molecule has 1 atom stereocenters. The van der Waals surface area contributed by atoms with Gasteiger partial charge in [-0.3, -0.25) is 9.59 Å². The Balaban J connectivity index is 1.61. The third-order valence-corrected chi connectivity index (χ3v) is 7.00. The van der Waals surface area contributed by atoms with Crippen LogP contribution >= 0.6 is 0 Å². The van der Waals surface area contributed by atoms with E-state index in [1.165, 1.54) is 31.2 Å². The van der Waals surface area contributed by atoms with Crippen molar-refractivity contribution in [1.29, 1.82) is 0 Å². The first-order chi connectivity index (χ1) is 14.3. The van der Waals surface area contributed by atoms with Crippen molar-refractivity contribution in [2.24, 2.45) is 0 Å². The molecule has 0 radical (unpaired) electrons. The zero-order valence-electron chi connectivity index (χ0n) is 16.1. The smallest absolute Gasteiger partial charge is 0.243 e. The minimum atomic E-state index is -3.98. The molecule has 30 heavy (non-hydrogen) atoms. The second-order valence-corrected chi connectivity index (χ2v) is 8.91. The summed E-state index contributed by atoms with van der Waals surface area (Å²) in [5.41, 5.74) is 0.460. The van der Waals surface area contributed by atoms with Crippen molar-refractivity contribution in [3.63, 3.8) is 0 Å². The molecule has 158 valence electrons. The summed E-state index contributed by atoms with van der Waals surface area (Å²) >= 11 is 0. The number of hydrogen-bond acceptors (Lipinski definition) is 6. The molecule has 2 aliphatic heterocycles. The Kier molecular flexibility index (Phi) is 5.20. The first-order valence-electron chi connectivity index (χ1n) is 9.30. The quantitative estimate of drug-likeness (QED) is 0.726.